The number of thioether (sulfide) groups is 1. The number of amides is 1. The number of carbonyl (C=O) groups excluding carboxylic acids is 1. The van der Waals surface area contributed by atoms with Crippen LogP contribution in [0, 0.1) is 0 Å². The Labute approximate surface area is 96.6 Å². The number of aromatic nitrogens is 2. The molecule has 1 atom stereocenters. The second-order valence-electron chi connectivity index (χ2n) is 2.92. The first-order valence-corrected chi connectivity index (χ1v) is 6.26. The average molecular weight is 247 g/mol. The monoisotopic (exact) mass is 247 g/mol. The van der Waals surface area contributed by atoms with Gasteiger partial charge in [0.1, 0.15) is 5.51 Å². The number of hydrogen-bond donors (Lipinski definition) is 1. The quantitative estimate of drug-likeness (QED) is 0.753. The fourth-order valence-corrected chi connectivity index (χ4v) is 2.26. The van der Waals surface area contributed by atoms with Crippen LogP contribution in [-0.2, 0) is 9.53 Å². The summed E-state index contributed by atoms with van der Waals surface area (Å²) in [5.74, 6) is 0.350. The zero-order valence-electron chi connectivity index (χ0n) is 8.60. The second-order valence-corrected chi connectivity index (χ2v) is 4.97. The number of methoxy groups -OCH3 is 1. The summed E-state index contributed by atoms with van der Waals surface area (Å²) in [5.41, 5.74) is 1.65. The van der Waals surface area contributed by atoms with Gasteiger partial charge in [-0.2, -0.15) is 0 Å². The topological polar surface area (TPSA) is 64.1 Å². The van der Waals surface area contributed by atoms with Crippen molar-refractivity contribution in [3.05, 3.63) is 5.51 Å². The van der Waals surface area contributed by atoms with Crippen molar-refractivity contribution in [2.75, 3.05) is 19.5 Å². The molecule has 1 heterocycles. The maximum atomic E-state index is 11.4. The van der Waals surface area contributed by atoms with E-state index in [0.29, 0.717) is 12.4 Å². The minimum absolute atomic E-state index is 0.0141. The number of nitrogens with zero attached hydrogens (tertiary/aromatic N) is 2. The number of ether oxygens (including phenoxy) is 1. The third-order valence-electron chi connectivity index (χ3n) is 1.49. The predicted molar refractivity (Wildman–Crippen MR) is 60.1 cm³/mol. The molecule has 0 radical (unpaired) electrons. The minimum atomic E-state index is -0.0141. The van der Waals surface area contributed by atoms with E-state index < -0.39 is 0 Å². The molecule has 0 aromatic carbocycles. The fourth-order valence-electron chi connectivity index (χ4n) is 0.961. The highest BCUT2D eigenvalue weighted by molar-refractivity contribution is 8.01. The molecule has 1 aromatic rings. The van der Waals surface area contributed by atoms with E-state index in [4.69, 9.17) is 4.74 Å². The van der Waals surface area contributed by atoms with Crippen molar-refractivity contribution >= 4 is 29.0 Å². The molecule has 1 aromatic heterocycles. The van der Waals surface area contributed by atoms with Crippen molar-refractivity contribution in [2.45, 2.75) is 17.3 Å². The molecule has 1 rings (SSSR count). The van der Waals surface area contributed by atoms with Crippen LogP contribution >= 0.6 is 23.1 Å². The smallest absolute Gasteiger partial charge is 0.230 e. The van der Waals surface area contributed by atoms with E-state index >= 15 is 0 Å². The lowest BCUT2D eigenvalue weighted by atomic mass is 10.3. The number of nitrogens with one attached hydrogen (secondary N) is 1. The van der Waals surface area contributed by atoms with Gasteiger partial charge in [-0.3, -0.25) is 4.79 Å². The van der Waals surface area contributed by atoms with Gasteiger partial charge in [0.05, 0.1) is 12.4 Å². The van der Waals surface area contributed by atoms with Gasteiger partial charge in [0.2, 0.25) is 5.91 Å². The Balaban J connectivity index is 2.19. The van der Waals surface area contributed by atoms with Crippen LogP contribution in [0.15, 0.2) is 9.85 Å². The van der Waals surface area contributed by atoms with E-state index in [1.165, 1.54) is 23.1 Å². The fraction of sp³-hybridized carbons (Fsp3) is 0.625. The lowest BCUT2D eigenvalue weighted by molar-refractivity contribution is -0.119. The van der Waals surface area contributed by atoms with Gasteiger partial charge < -0.3 is 10.1 Å². The molecule has 0 aliphatic rings. The summed E-state index contributed by atoms with van der Waals surface area (Å²) >= 11 is 2.82. The van der Waals surface area contributed by atoms with Gasteiger partial charge in [-0.15, -0.1) is 10.2 Å². The first kappa shape index (κ1) is 12.4. The Morgan fingerprint density at radius 3 is 3.20 bits per heavy atom. The van der Waals surface area contributed by atoms with Crippen LogP contribution in [-0.4, -0.2) is 41.6 Å². The number of carbonyl (C=O) groups is 1. The molecule has 1 amide bonds. The highest BCUT2D eigenvalue weighted by Crippen LogP contribution is 2.18. The van der Waals surface area contributed by atoms with Crippen molar-refractivity contribution in [3.8, 4) is 0 Å². The molecule has 1 unspecified atom stereocenters. The summed E-state index contributed by atoms with van der Waals surface area (Å²) in [4.78, 5) is 11.4. The molecule has 5 nitrogen and oxygen atoms in total. The van der Waals surface area contributed by atoms with Crippen molar-refractivity contribution in [3.63, 3.8) is 0 Å². The first-order chi connectivity index (χ1) is 7.22. The summed E-state index contributed by atoms with van der Waals surface area (Å²) in [7, 11) is 1.61. The third kappa shape index (κ3) is 5.10. The van der Waals surface area contributed by atoms with E-state index in [1.54, 1.807) is 12.6 Å². The van der Waals surface area contributed by atoms with Crippen molar-refractivity contribution in [1.82, 2.24) is 15.5 Å². The lowest BCUT2D eigenvalue weighted by Gasteiger charge is -2.11. The van der Waals surface area contributed by atoms with E-state index in [9.17, 15) is 4.79 Å². The molecule has 0 fully saturated rings. The van der Waals surface area contributed by atoms with Crippen molar-refractivity contribution in [2.24, 2.45) is 0 Å². The van der Waals surface area contributed by atoms with E-state index in [0.717, 1.165) is 4.34 Å². The van der Waals surface area contributed by atoms with Gasteiger partial charge in [-0.05, 0) is 6.92 Å². The summed E-state index contributed by atoms with van der Waals surface area (Å²) in [5, 5.41) is 10.3. The SMILES string of the molecule is COCC(C)NC(=O)CSc1nncs1. The summed E-state index contributed by atoms with van der Waals surface area (Å²) < 4.78 is 5.72. The maximum absolute atomic E-state index is 11.4. The largest absolute Gasteiger partial charge is 0.383 e. The standard InChI is InChI=1S/C8H13N3O2S2/c1-6(3-13-2)10-7(12)4-14-8-11-9-5-15-8/h5-6H,3-4H2,1-2H3,(H,10,12). The summed E-state index contributed by atoms with van der Waals surface area (Å²) in [6.07, 6.45) is 0. The zero-order valence-corrected chi connectivity index (χ0v) is 10.2. The van der Waals surface area contributed by atoms with Crippen LogP contribution in [0.1, 0.15) is 6.92 Å². The highest BCUT2D eigenvalue weighted by atomic mass is 32.2. The van der Waals surface area contributed by atoms with E-state index in [2.05, 4.69) is 15.5 Å². The van der Waals surface area contributed by atoms with Crippen LogP contribution in [0.25, 0.3) is 0 Å². The van der Waals surface area contributed by atoms with Gasteiger partial charge in [-0.1, -0.05) is 23.1 Å². The Morgan fingerprint density at radius 2 is 2.60 bits per heavy atom. The minimum Gasteiger partial charge on any atom is -0.383 e. The molecule has 0 spiro atoms. The van der Waals surface area contributed by atoms with Gasteiger partial charge in [0.25, 0.3) is 0 Å². The van der Waals surface area contributed by atoms with Crippen molar-refractivity contribution in [1.29, 1.82) is 0 Å². The molecule has 7 heteroatoms. The molecular weight excluding hydrogens is 234 g/mol. The molecule has 0 saturated carbocycles. The van der Waals surface area contributed by atoms with Gasteiger partial charge >= 0.3 is 0 Å². The molecule has 0 saturated heterocycles. The lowest BCUT2D eigenvalue weighted by Crippen LogP contribution is -2.36. The molecule has 84 valence electrons. The second kappa shape index (κ2) is 6.76. The Bertz CT molecular complexity index is 292. The van der Waals surface area contributed by atoms with Gasteiger partial charge in [0.15, 0.2) is 4.34 Å². The van der Waals surface area contributed by atoms with Crippen LogP contribution < -0.4 is 5.32 Å². The van der Waals surface area contributed by atoms with Crippen molar-refractivity contribution < 1.29 is 9.53 Å². The van der Waals surface area contributed by atoms with Gasteiger partial charge in [0, 0.05) is 13.2 Å². The molecule has 0 bridgehead atoms. The highest BCUT2D eigenvalue weighted by Gasteiger charge is 2.08. The zero-order chi connectivity index (χ0) is 11.1. The normalized spacial score (nSPS) is 12.4. The van der Waals surface area contributed by atoms with E-state index in [-0.39, 0.29) is 11.9 Å². The molecular formula is C8H13N3O2S2. The predicted octanol–water partition coefficient (Wildman–Crippen LogP) is 0.781. The Morgan fingerprint density at radius 1 is 1.80 bits per heavy atom. The summed E-state index contributed by atoms with van der Waals surface area (Å²) in [6, 6.07) is 0.0394. The summed E-state index contributed by atoms with van der Waals surface area (Å²) in [6.45, 7) is 2.42. The van der Waals surface area contributed by atoms with Crippen LogP contribution in [0.5, 0.6) is 0 Å². The third-order valence-corrected chi connectivity index (χ3v) is 3.35. The van der Waals surface area contributed by atoms with Gasteiger partial charge in [-0.25, -0.2) is 0 Å². The molecule has 0 aliphatic heterocycles. The first-order valence-electron chi connectivity index (χ1n) is 4.39. The van der Waals surface area contributed by atoms with E-state index in [1.807, 2.05) is 6.92 Å². The number of rotatable bonds is 6. The Kier molecular flexibility index (Phi) is 5.59. The molecule has 1 N–H and O–H groups in total. The molecule has 0 aliphatic carbocycles. The maximum Gasteiger partial charge on any atom is 0.230 e. The Hall–Kier alpha value is -0.660. The number of hydrogen-bond acceptors (Lipinski definition) is 6. The van der Waals surface area contributed by atoms with Crippen LogP contribution in [0.2, 0.25) is 0 Å². The molecule has 15 heavy (non-hydrogen) atoms. The van der Waals surface area contributed by atoms with Crippen LogP contribution in [0.3, 0.4) is 0 Å². The van der Waals surface area contributed by atoms with Crippen LogP contribution in [0.4, 0.5) is 0 Å². The average Bonchev–Trinajstić information content (AvgIpc) is 2.67.